The fourth-order valence-electron chi connectivity index (χ4n) is 2.64. The number of aryl methyl sites for hydroxylation is 1. The van der Waals surface area contributed by atoms with E-state index in [1.165, 1.54) is 19.2 Å². The Hall–Kier alpha value is -3.86. The van der Waals surface area contributed by atoms with Crippen LogP contribution in [0.2, 0.25) is 0 Å². The maximum absolute atomic E-state index is 11.7. The van der Waals surface area contributed by atoms with Gasteiger partial charge in [-0.25, -0.2) is 4.79 Å². The Balaban J connectivity index is 1.96. The Morgan fingerprint density at radius 3 is 2.59 bits per heavy atom. The van der Waals surface area contributed by atoms with Gasteiger partial charge in [-0.15, -0.1) is 10.2 Å². The van der Waals surface area contributed by atoms with E-state index in [4.69, 9.17) is 13.9 Å². The van der Waals surface area contributed by atoms with Crippen molar-refractivity contribution in [2.75, 3.05) is 7.11 Å². The lowest BCUT2D eigenvalue weighted by Gasteiger charge is -2.12. The molecule has 0 radical (unpaired) electrons. The predicted molar refractivity (Wildman–Crippen MR) is 116 cm³/mol. The monoisotopic (exact) mass is 457 g/mol. The number of hydrogen-bond acceptors (Lipinski definition) is 9. The summed E-state index contributed by atoms with van der Waals surface area (Å²) in [6.45, 7) is 1.99. The molecule has 0 saturated heterocycles. The third-order valence-electron chi connectivity index (χ3n) is 4.19. The molecule has 0 bridgehead atoms. The minimum atomic E-state index is -1.30. The first-order valence-corrected chi connectivity index (χ1v) is 10.2. The number of benzene rings is 2. The standard InChI is InChI=1S/C21H19N3O7S/c1-3-19-22-23-21(31-19)32-18(20(25)26)10-14-9-16(29-2)17(11-15(14)24(27)28)30-12-13-7-5-4-6-8-13/h4-11H,3,12H2,1-2H3,(H,25,26)/b18-10-. The van der Waals surface area contributed by atoms with Crippen LogP contribution in [0.3, 0.4) is 0 Å². The van der Waals surface area contributed by atoms with Crippen LogP contribution < -0.4 is 9.47 Å². The van der Waals surface area contributed by atoms with E-state index in [-0.39, 0.29) is 39.5 Å². The third-order valence-corrected chi connectivity index (χ3v) is 5.04. The molecule has 3 rings (SSSR count). The van der Waals surface area contributed by atoms with Crippen LogP contribution in [0.25, 0.3) is 6.08 Å². The van der Waals surface area contributed by atoms with Crippen molar-refractivity contribution in [3.05, 3.63) is 74.5 Å². The van der Waals surface area contributed by atoms with Crippen molar-refractivity contribution >= 4 is 29.5 Å². The molecule has 3 aromatic rings. The lowest BCUT2D eigenvalue weighted by molar-refractivity contribution is -0.385. The quantitative estimate of drug-likeness (QED) is 0.202. The average Bonchev–Trinajstić information content (AvgIpc) is 3.25. The topological polar surface area (TPSA) is 138 Å². The van der Waals surface area contributed by atoms with Gasteiger partial charge in [-0.3, -0.25) is 10.1 Å². The fraction of sp³-hybridized carbons (Fsp3) is 0.190. The van der Waals surface area contributed by atoms with E-state index < -0.39 is 10.9 Å². The summed E-state index contributed by atoms with van der Waals surface area (Å²) in [5, 5.41) is 28.8. The molecular formula is C21H19N3O7S. The van der Waals surface area contributed by atoms with Crippen LogP contribution in [0.1, 0.15) is 23.9 Å². The molecule has 0 amide bonds. The first-order chi connectivity index (χ1) is 15.4. The van der Waals surface area contributed by atoms with E-state index in [2.05, 4.69) is 10.2 Å². The number of hydrogen-bond donors (Lipinski definition) is 1. The van der Waals surface area contributed by atoms with Crippen LogP contribution in [0.5, 0.6) is 11.5 Å². The number of aromatic nitrogens is 2. The maximum atomic E-state index is 11.7. The molecule has 11 heteroatoms. The van der Waals surface area contributed by atoms with E-state index in [0.717, 1.165) is 11.6 Å². The molecule has 1 heterocycles. The molecule has 1 aromatic heterocycles. The normalized spacial score (nSPS) is 11.2. The summed E-state index contributed by atoms with van der Waals surface area (Å²) in [6, 6.07) is 11.8. The van der Waals surface area contributed by atoms with Gasteiger partial charge in [0.1, 0.15) is 11.5 Å². The molecule has 0 unspecified atom stereocenters. The van der Waals surface area contributed by atoms with Crippen LogP contribution >= 0.6 is 11.8 Å². The molecule has 0 fully saturated rings. The summed E-state index contributed by atoms with van der Waals surface area (Å²) in [5.41, 5.74) is 0.559. The average molecular weight is 457 g/mol. The zero-order valence-corrected chi connectivity index (χ0v) is 18.0. The van der Waals surface area contributed by atoms with Crippen LogP contribution in [-0.4, -0.2) is 33.3 Å². The molecule has 0 saturated carbocycles. The van der Waals surface area contributed by atoms with Crippen LogP contribution in [-0.2, 0) is 17.8 Å². The number of nitro groups is 1. The molecule has 166 valence electrons. The van der Waals surface area contributed by atoms with Gasteiger partial charge in [0, 0.05) is 6.42 Å². The first kappa shape index (κ1) is 22.8. The molecular weight excluding hydrogens is 438 g/mol. The number of ether oxygens (including phenoxy) is 2. The fourth-order valence-corrected chi connectivity index (χ4v) is 3.32. The van der Waals surface area contributed by atoms with E-state index >= 15 is 0 Å². The summed E-state index contributed by atoms with van der Waals surface area (Å²) >= 11 is 0.700. The highest BCUT2D eigenvalue weighted by molar-refractivity contribution is 8.03. The van der Waals surface area contributed by atoms with Crippen LogP contribution in [0.15, 0.2) is 57.0 Å². The highest BCUT2D eigenvalue weighted by atomic mass is 32.2. The van der Waals surface area contributed by atoms with Gasteiger partial charge in [0.05, 0.1) is 23.7 Å². The van der Waals surface area contributed by atoms with Gasteiger partial charge in [0.15, 0.2) is 11.5 Å². The van der Waals surface area contributed by atoms with Crippen molar-refractivity contribution in [1.82, 2.24) is 10.2 Å². The number of rotatable bonds is 10. The summed E-state index contributed by atoms with van der Waals surface area (Å²) in [4.78, 5) is 22.6. The Labute approximate surface area is 187 Å². The maximum Gasteiger partial charge on any atom is 0.342 e. The van der Waals surface area contributed by atoms with Gasteiger partial charge in [-0.1, -0.05) is 37.3 Å². The Bertz CT molecular complexity index is 1150. The van der Waals surface area contributed by atoms with Crippen molar-refractivity contribution in [1.29, 1.82) is 0 Å². The Morgan fingerprint density at radius 2 is 2.00 bits per heavy atom. The minimum absolute atomic E-state index is 0.0212. The van der Waals surface area contributed by atoms with E-state index in [0.29, 0.717) is 24.1 Å². The first-order valence-electron chi connectivity index (χ1n) is 9.39. The summed E-state index contributed by atoms with van der Waals surface area (Å²) < 4.78 is 16.4. The number of thioether (sulfide) groups is 1. The van der Waals surface area contributed by atoms with Gasteiger partial charge < -0.3 is 19.0 Å². The predicted octanol–water partition coefficient (Wildman–Crippen LogP) is 4.35. The van der Waals surface area contributed by atoms with Gasteiger partial charge in [-0.2, -0.15) is 0 Å². The lowest BCUT2D eigenvalue weighted by atomic mass is 10.1. The largest absolute Gasteiger partial charge is 0.493 e. The molecule has 0 aliphatic heterocycles. The van der Waals surface area contributed by atoms with Crippen LogP contribution in [0, 0.1) is 10.1 Å². The van der Waals surface area contributed by atoms with Crippen molar-refractivity contribution in [3.63, 3.8) is 0 Å². The Morgan fingerprint density at radius 1 is 1.25 bits per heavy atom. The van der Waals surface area contributed by atoms with E-state index in [1.54, 1.807) is 0 Å². The number of carboxylic acid groups (broad SMARTS) is 1. The van der Waals surface area contributed by atoms with Gasteiger partial charge in [-0.05, 0) is 29.5 Å². The van der Waals surface area contributed by atoms with Crippen molar-refractivity contribution in [2.45, 2.75) is 25.2 Å². The molecule has 2 aromatic carbocycles. The minimum Gasteiger partial charge on any atom is -0.493 e. The summed E-state index contributed by atoms with van der Waals surface area (Å²) in [5.74, 6) is -0.568. The lowest BCUT2D eigenvalue weighted by Crippen LogP contribution is -2.02. The highest BCUT2D eigenvalue weighted by Gasteiger charge is 2.22. The third kappa shape index (κ3) is 5.64. The zero-order chi connectivity index (χ0) is 23.1. The van der Waals surface area contributed by atoms with Crippen LogP contribution in [0.4, 0.5) is 5.69 Å². The number of nitro benzene ring substituents is 1. The molecule has 32 heavy (non-hydrogen) atoms. The number of nitrogens with zero attached hydrogens (tertiary/aromatic N) is 3. The molecule has 1 N–H and O–H groups in total. The second-order valence-corrected chi connectivity index (χ2v) is 7.32. The van der Waals surface area contributed by atoms with Crippen molar-refractivity contribution < 1.29 is 28.7 Å². The highest BCUT2D eigenvalue weighted by Crippen LogP contribution is 2.38. The number of carbonyl (C=O) groups is 1. The smallest absolute Gasteiger partial charge is 0.342 e. The van der Waals surface area contributed by atoms with Gasteiger partial charge in [0.25, 0.3) is 10.9 Å². The SMILES string of the molecule is CCc1nnc(S/C(=C\c2cc(OC)c(OCc3ccccc3)cc2[N+](=O)[O-])C(=O)O)o1. The Kier molecular flexibility index (Phi) is 7.45. The molecule has 10 nitrogen and oxygen atoms in total. The number of carboxylic acids is 1. The van der Waals surface area contributed by atoms with E-state index in [9.17, 15) is 20.0 Å². The number of aliphatic carboxylic acids is 1. The van der Waals surface area contributed by atoms with Gasteiger partial charge in [0.2, 0.25) is 5.89 Å². The summed E-state index contributed by atoms with van der Waals surface area (Å²) in [7, 11) is 1.39. The second kappa shape index (κ2) is 10.4. The summed E-state index contributed by atoms with van der Waals surface area (Å²) in [6.07, 6.45) is 1.65. The van der Waals surface area contributed by atoms with Crippen molar-refractivity contribution in [2.24, 2.45) is 0 Å². The molecule has 0 atom stereocenters. The second-order valence-electron chi connectivity index (χ2n) is 6.32. The van der Waals surface area contributed by atoms with E-state index in [1.807, 2.05) is 37.3 Å². The molecule has 0 aliphatic rings. The zero-order valence-electron chi connectivity index (χ0n) is 17.2. The van der Waals surface area contributed by atoms with Crippen molar-refractivity contribution in [3.8, 4) is 11.5 Å². The van der Waals surface area contributed by atoms with Gasteiger partial charge >= 0.3 is 5.97 Å². The molecule has 0 aliphatic carbocycles. The number of methoxy groups -OCH3 is 1. The molecule has 0 spiro atoms.